The van der Waals surface area contributed by atoms with Crippen molar-refractivity contribution in [1.82, 2.24) is 24.5 Å². The van der Waals surface area contributed by atoms with Crippen molar-refractivity contribution in [3.05, 3.63) is 57.9 Å². The summed E-state index contributed by atoms with van der Waals surface area (Å²) in [7, 11) is 4.72. The van der Waals surface area contributed by atoms with Crippen molar-refractivity contribution in [2.24, 2.45) is 7.05 Å². The Bertz CT molecular complexity index is 1380. The SMILES string of the molecule is CNc1ncc2nc(-c3cc(NSc4cc(Cl)cnc4OC)ccc3F)c(=O)n(C)c2n1. The van der Waals surface area contributed by atoms with E-state index in [9.17, 15) is 9.18 Å². The molecule has 0 fully saturated rings. The maximum Gasteiger partial charge on any atom is 0.278 e. The molecule has 0 spiro atoms. The number of halogens is 2. The van der Waals surface area contributed by atoms with Gasteiger partial charge in [0.1, 0.15) is 17.0 Å². The summed E-state index contributed by atoms with van der Waals surface area (Å²) in [5, 5.41) is 3.26. The Kier molecular flexibility index (Phi) is 6.10. The molecule has 0 saturated heterocycles. The number of rotatable bonds is 6. The van der Waals surface area contributed by atoms with Gasteiger partial charge in [-0.05, 0) is 36.2 Å². The Balaban J connectivity index is 1.72. The van der Waals surface area contributed by atoms with Crippen molar-refractivity contribution < 1.29 is 9.13 Å². The van der Waals surface area contributed by atoms with E-state index in [4.69, 9.17) is 16.3 Å². The van der Waals surface area contributed by atoms with Crippen molar-refractivity contribution in [2.75, 3.05) is 24.2 Å². The maximum absolute atomic E-state index is 14.7. The second-order valence-electron chi connectivity index (χ2n) is 6.54. The molecule has 0 saturated carbocycles. The molecule has 0 aliphatic rings. The minimum Gasteiger partial charge on any atom is -0.480 e. The molecule has 4 rings (SSSR count). The van der Waals surface area contributed by atoms with E-state index in [2.05, 4.69) is 30.0 Å². The molecule has 2 N–H and O–H groups in total. The molecule has 0 atom stereocenters. The van der Waals surface area contributed by atoms with Gasteiger partial charge >= 0.3 is 0 Å². The summed E-state index contributed by atoms with van der Waals surface area (Å²) in [5.74, 6) is 0.155. The van der Waals surface area contributed by atoms with Crippen LogP contribution in [0.15, 0.2) is 46.3 Å². The third kappa shape index (κ3) is 4.16. The summed E-state index contributed by atoms with van der Waals surface area (Å²) in [5.41, 5.74) is 0.759. The summed E-state index contributed by atoms with van der Waals surface area (Å²) in [6.07, 6.45) is 2.95. The first-order valence-electron chi connectivity index (χ1n) is 9.25. The van der Waals surface area contributed by atoms with Crippen LogP contribution in [0, 0.1) is 5.82 Å². The number of fused-ring (bicyclic) bond motifs is 1. The lowest BCUT2D eigenvalue weighted by Crippen LogP contribution is -2.22. The molecule has 3 heterocycles. The molecule has 0 bridgehead atoms. The molecule has 1 aromatic carbocycles. The third-order valence-corrected chi connectivity index (χ3v) is 5.57. The third-order valence-electron chi connectivity index (χ3n) is 4.51. The fourth-order valence-corrected chi connectivity index (χ4v) is 3.92. The predicted molar refractivity (Wildman–Crippen MR) is 123 cm³/mol. The zero-order valence-electron chi connectivity index (χ0n) is 17.2. The van der Waals surface area contributed by atoms with Crippen LogP contribution in [0.5, 0.6) is 5.88 Å². The van der Waals surface area contributed by atoms with Gasteiger partial charge in [-0.15, -0.1) is 0 Å². The zero-order chi connectivity index (χ0) is 22.8. The van der Waals surface area contributed by atoms with Crippen LogP contribution in [0.4, 0.5) is 16.0 Å². The quantitative estimate of drug-likeness (QED) is 0.405. The van der Waals surface area contributed by atoms with Gasteiger partial charge in [0.15, 0.2) is 5.65 Å². The number of nitrogens with zero attached hydrogens (tertiary/aromatic N) is 5. The van der Waals surface area contributed by atoms with E-state index in [1.807, 2.05) is 0 Å². The minimum atomic E-state index is -0.584. The van der Waals surface area contributed by atoms with Crippen LogP contribution in [0.3, 0.4) is 0 Å². The van der Waals surface area contributed by atoms with E-state index in [1.165, 1.54) is 48.2 Å². The van der Waals surface area contributed by atoms with Gasteiger partial charge in [0.25, 0.3) is 5.56 Å². The molecule has 164 valence electrons. The highest BCUT2D eigenvalue weighted by Crippen LogP contribution is 2.32. The normalized spacial score (nSPS) is 10.9. The van der Waals surface area contributed by atoms with Crippen molar-refractivity contribution in [2.45, 2.75) is 4.90 Å². The number of aryl methyl sites for hydroxylation is 1. The Labute approximate surface area is 191 Å². The van der Waals surface area contributed by atoms with Crippen LogP contribution in [0.25, 0.3) is 22.4 Å². The van der Waals surface area contributed by atoms with Crippen molar-refractivity contribution in [1.29, 1.82) is 0 Å². The van der Waals surface area contributed by atoms with E-state index in [-0.39, 0.29) is 11.3 Å². The van der Waals surface area contributed by atoms with E-state index < -0.39 is 11.4 Å². The number of hydrogen-bond acceptors (Lipinski definition) is 9. The Morgan fingerprint density at radius 1 is 1.19 bits per heavy atom. The lowest BCUT2D eigenvalue weighted by Gasteiger charge is -2.12. The van der Waals surface area contributed by atoms with Gasteiger partial charge in [-0.2, -0.15) is 4.98 Å². The molecule has 9 nitrogen and oxygen atoms in total. The number of anilines is 2. The summed E-state index contributed by atoms with van der Waals surface area (Å²) < 4.78 is 24.3. The van der Waals surface area contributed by atoms with Crippen molar-refractivity contribution in [3.8, 4) is 17.1 Å². The Hall–Kier alpha value is -3.44. The number of hydrogen-bond donors (Lipinski definition) is 2. The molecular weight excluding hydrogens is 457 g/mol. The number of pyridine rings is 1. The monoisotopic (exact) mass is 473 g/mol. The smallest absolute Gasteiger partial charge is 0.278 e. The fraction of sp³-hybridized carbons (Fsp3) is 0.150. The molecule has 4 aromatic rings. The molecule has 0 unspecified atom stereocenters. The van der Waals surface area contributed by atoms with Gasteiger partial charge in [-0.3, -0.25) is 9.36 Å². The average molecular weight is 474 g/mol. The van der Waals surface area contributed by atoms with Crippen LogP contribution < -0.4 is 20.3 Å². The van der Waals surface area contributed by atoms with Gasteiger partial charge in [-0.25, -0.2) is 19.3 Å². The molecule has 3 aromatic heterocycles. The van der Waals surface area contributed by atoms with Crippen LogP contribution in [-0.2, 0) is 7.05 Å². The largest absolute Gasteiger partial charge is 0.480 e. The Morgan fingerprint density at radius 3 is 2.75 bits per heavy atom. The summed E-state index contributed by atoms with van der Waals surface area (Å²) >= 11 is 7.20. The van der Waals surface area contributed by atoms with Gasteiger partial charge in [0, 0.05) is 31.5 Å². The molecule has 0 aliphatic carbocycles. The molecule has 0 radical (unpaired) electrons. The van der Waals surface area contributed by atoms with E-state index in [0.717, 1.165) is 0 Å². The van der Waals surface area contributed by atoms with Crippen LogP contribution >= 0.6 is 23.5 Å². The molecule has 32 heavy (non-hydrogen) atoms. The first kappa shape index (κ1) is 21.8. The minimum absolute atomic E-state index is 0.0473. The summed E-state index contributed by atoms with van der Waals surface area (Å²) in [6.45, 7) is 0. The topological polar surface area (TPSA) is 107 Å². The van der Waals surface area contributed by atoms with E-state index in [0.29, 0.717) is 38.6 Å². The number of benzene rings is 1. The highest BCUT2D eigenvalue weighted by Gasteiger charge is 2.17. The second-order valence-corrected chi connectivity index (χ2v) is 7.82. The lowest BCUT2D eigenvalue weighted by molar-refractivity contribution is 0.387. The summed E-state index contributed by atoms with van der Waals surface area (Å²) in [4.78, 5) is 30.4. The van der Waals surface area contributed by atoms with Crippen LogP contribution in [-0.4, -0.2) is 38.7 Å². The van der Waals surface area contributed by atoms with Crippen molar-refractivity contribution in [3.63, 3.8) is 0 Å². The second kappa shape index (κ2) is 8.97. The lowest BCUT2D eigenvalue weighted by atomic mass is 10.1. The molecule has 0 amide bonds. The Morgan fingerprint density at radius 2 is 2.00 bits per heavy atom. The van der Waals surface area contributed by atoms with Gasteiger partial charge in [0.05, 0.1) is 23.2 Å². The number of methoxy groups -OCH3 is 1. The molecule has 0 aliphatic heterocycles. The van der Waals surface area contributed by atoms with E-state index >= 15 is 0 Å². The van der Waals surface area contributed by atoms with Gasteiger partial charge < -0.3 is 14.8 Å². The van der Waals surface area contributed by atoms with Gasteiger partial charge in [0.2, 0.25) is 11.8 Å². The first-order chi connectivity index (χ1) is 15.4. The molecular formula is C20H17ClFN7O2S. The zero-order valence-corrected chi connectivity index (χ0v) is 18.8. The average Bonchev–Trinajstić information content (AvgIpc) is 2.81. The number of ether oxygens (including phenoxy) is 1. The maximum atomic E-state index is 14.7. The van der Waals surface area contributed by atoms with E-state index in [1.54, 1.807) is 26.2 Å². The first-order valence-corrected chi connectivity index (χ1v) is 10.4. The van der Waals surface area contributed by atoms with Crippen molar-refractivity contribution >= 4 is 46.3 Å². The molecule has 12 heteroatoms. The number of nitrogens with one attached hydrogen (secondary N) is 2. The van der Waals surface area contributed by atoms with Gasteiger partial charge in [-0.1, -0.05) is 11.6 Å². The standard InChI is InChI=1S/C20H17ClFN7O2S/c1-23-20-25-9-14-17(27-20)29(2)19(30)16(26-14)12-7-11(4-5-13(12)22)28-32-15-6-10(21)8-24-18(15)31-3/h4-9,28H,1-3H3,(H,23,25,27). The number of aromatic nitrogens is 5. The fourth-order valence-electron chi connectivity index (χ4n) is 2.93. The summed E-state index contributed by atoms with van der Waals surface area (Å²) in [6, 6.07) is 6.00. The van der Waals surface area contributed by atoms with Crippen LogP contribution in [0.2, 0.25) is 5.02 Å². The highest BCUT2D eigenvalue weighted by atomic mass is 35.5. The van der Waals surface area contributed by atoms with Crippen LogP contribution in [0.1, 0.15) is 0 Å². The predicted octanol–water partition coefficient (Wildman–Crippen LogP) is 3.75. The highest BCUT2D eigenvalue weighted by molar-refractivity contribution is 8.00.